The van der Waals surface area contributed by atoms with Crippen LogP contribution in [0.4, 0.5) is 0 Å². The number of hydrogen-bond donors (Lipinski definition) is 2. The van der Waals surface area contributed by atoms with Crippen molar-refractivity contribution in [1.29, 1.82) is 0 Å². The van der Waals surface area contributed by atoms with Crippen molar-refractivity contribution in [3.05, 3.63) is 0 Å². The summed E-state index contributed by atoms with van der Waals surface area (Å²) in [6.07, 6.45) is 5.93. The fourth-order valence-electron chi connectivity index (χ4n) is 3.17. The Bertz CT molecular complexity index is 393. The van der Waals surface area contributed by atoms with E-state index in [1.165, 1.54) is 0 Å². The molecule has 118 valence electrons. The van der Waals surface area contributed by atoms with Crippen LogP contribution in [0, 0.1) is 5.92 Å². The Balaban J connectivity index is 1.85. The number of rotatable bonds is 7. The third-order valence-corrected chi connectivity index (χ3v) is 6.67. The summed E-state index contributed by atoms with van der Waals surface area (Å²) < 4.78 is 29.6. The van der Waals surface area contributed by atoms with Crippen LogP contribution in [0.25, 0.3) is 0 Å². The van der Waals surface area contributed by atoms with Crippen molar-refractivity contribution >= 4 is 10.2 Å². The second-order valence-electron chi connectivity index (χ2n) is 6.24. The Labute approximate surface area is 123 Å². The molecule has 0 amide bonds. The molecule has 2 aliphatic rings. The lowest BCUT2D eigenvalue weighted by molar-refractivity contribution is 0.201. The third kappa shape index (κ3) is 3.72. The minimum atomic E-state index is -3.29. The predicted molar refractivity (Wildman–Crippen MR) is 81.8 cm³/mol. The van der Waals surface area contributed by atoms with Gasteiger partial charge >= 0.3 is 0 Å². The Morgan fingerprint density at radius 2 is 1.85 bits per heavy atom. The van der Waals surface area contributed by atoms with E-state index in [1.54, 1.807) is 4.31 Å². The minimum absolute atomic E-state index is 0.153. The van der Waals surface area contributed by atoms with E-state index in [1.807, 2.05) is 0 Å². The van der Waals surface area contributed by atoms with Crippen LogP contribution < -0.4 is 10.0 Å². The highest BCUT2D eigenvalue weighted by Gasteiger charge is 2.41. The van der Waals surface area contributed by atoms with Crippen molar-refractivity contribution in [3.63, 3.8) is 0 Å². The summed E-state index contributed by atoms with van der Waals surface area (Å²) in [7, 11) is -3.29. The van der Waals surface area contributed by atoms with Crippen molar-refractivity contribution in [2.24, 2.45) is 5.92 Å². The van der Waals surface area contributed by atoms with Gasteiger partial charge in [-0.3, -0.25) is 0 Å². The normalized spacial score (nSPS) is 24.5. The SMILES string of the molecule is CCNCC1CCN(S(=O)(=O)NC2(CC)CCC2)CC1. The van der Waals surface area contributed by atoms with Gasteiger partial charge in [0.15, 0.2) is 0 Å². The summed E-state index contributed by atoms with van der Waals surface area (Å²) >= 11 is 0. The lowest BCUT2D eigenvalue weighted by Crippen LogP contribution is -2.57. The molecule has 2 rings (SSSR count). The average molecular weight is 303 g/mol. The van der Waals surface area contributed by atoms with Crippen molar-refractivity contribution in [2.45, 2.75) is 57.9 Å². The smallest absolute Gasteiger partial charge is 0.279 e. The van der Waals surface area contributed by atoms with Gasteiger partial charge in [0.1, 0.15) is 0 Å². The number of nitrogens with zero attached hydrogens (tertiary/aromatic N) is 1. The highest BCUT2D eigenvalue weighted by Crippen LogP contribution is 2.35. The Hall–Kier alpha value is -0.170. The van der Waals surface area contributed by atoms with Crippen molar-refractivity contribution in [3.8, 4) is 0 Å². The first-order valence-electron chi connectivity index (χ1n) is 8.01. The molecule has 20 heavy (non-hydrogen) atoms. The third-order valence-electron chi connectivity index (χ3n) is 4.93. The molecule has 6 heteroatoms. The van der Waals surface area contributed by atoms with Gasteiger partial charge in [0.2, 0.25) is 0 Å². The molecule has 2 N–H and O–H groups in total. The predicted octanol–water partition coefficient (Wildman–Crippen LogP) is 1.47. The maximum atomic E-state index is 12.5. The summed E-state index contributed by atoms with van der Waals surface area (Å²) in [5.41, 5.74) is -0.153. The maximum Gasteiger partial charge on any atom is 0.279 e. The molecule has 1 aliphatic carbocycles. The fourth-order valence-corrected chi connectivity index (χ4v) is 4.89. The first-order valence-corrected chi connectivity index (χ1v) is 9.45. The van der Waals surface area contributed by atoms with Crippen LogP contribution in [0.2, 0.25) is 0 Å². The molecule has 1 heterocycles. The summed E-state index contributed by atoms with van der Waals surface area (Å²) in [4.78, 5) is 0. The van der Waals surface area contributed by atoms with Gasteiger partial charge in [0, 0.05) is 18.6 Å². The Morgan fingerprint density at radius 1 is 1.20 bits per heavy atom. The van der Waals surface area contributed by atoms with Gasteiger partial charge in [-0.15, -0.1) is 0 Å². The summed E-state index contributed by atoms with van der Waals surface area (Å²) in [5, 5.41) is 3.35. The van der Waals surface area contributed by atoms with Crippen LogP contribution in [0.1, 0.15) is 52.4 Å². The van der Waals surface area contributed by atoms with Gasteiger partial charge in [-0.1, -0.05) is 13.8 Å². The first kappa shape index (κ1) is 16.2. The monoisotopic (exact) mass is 303 g/mol. The highest BCUT2D eigenvalue weighted by atomic mass is 32.2. The second kappa shape index (κ2) is 6.73. The zero-order chi connectivity index (χ0) is 14.6. The molecule has 0 unspecified atom stereocenters. The average Bonchev–Trinajstić information content (AvgIpc) is 2.41. The second-order valence-corrected chi connectivity index (χ2v) is 7.92. The van der Waals surface area contributed by atoms with E-state index >= 15 is 0 Å². The van der Waals surface area contributed by atoms with Crippen LogP contribution in [-0.4, -0.2) is 44.4 Å². The number of hydrogen-bond acceptors (Lipinski definition) is 3. The van der Waals surface area contributed by atoms with Gasteiger partial charge in [0.25, 0.3) is 10.2 Å². The van der Waals surface area contributed by atoms with Gasteiger partial charge in [-0.2, -0.15) is 17.4 Å². The van der Waals surface area contributed by atoms with E-state index < -0.39 is 10.2 Å². The molecule has 0 atom stereocenters. The maximum absolute atomic E-state index is 12.5. The van der Waals surface area contributed by atoms with E-state index in [0.29, 0.717) is 19.0 Å². The molecular weight excluding hydrogens is 274 g/mol. The molecule has 1 aliphatic heterocycles. The molecule has 0 spiro atoms. The van der Waals surface area contributed by atoms with Crippen molar-refractivity contribution < 1.29 is 8.42 Å². The first-order chi connectivity index (χ1) is 9.51. The zero-order valence-electron chi connectivity index (χ0n) is 12.8. The molecule has 0 bridgehead atoms. The van der Waals surface area contributed by atoms with Crippen LogP contribution in [0.15, 0.2) is 0 Å². The lowest BCUT2D eigenvalue weighted by Gasteiger charge is -2.43. The van der Waals surface area contributed by atoms with Crippen LogP contribution in [0.3, 0.4) is 0 Å². The van der Waals surface area contributed by atoms with Gasteiger partial charge in [-0.05, 0) is 57.5 Å². The highest BCUT2D eigenvalue weighted by molar-refractivity contribution is 7.87. The molecule has 1 saturated carbocycles. The molecular formula is C14H29N3O2S. The molecule has 2 fully saturated rings. The van der Waals surface area contributed by atoms with Crippen molar-refractivity contribution in [1.82, 2.24) is 14.3 Å². The molecule has 0 aromatic rings. The minimum Gasteiger partial charge on any atom is -0.317 e. The standard InChI is InChI=1S/C14H29N3O2S/c1-3-14(8-5-9-14)16-20(18,19)17-10-6-13(7-11-17)12-15-4-2/h13,15-16H,3-12H2,1-2H3. The fraction of sp³-hybridized carbons (Fsp3) is 1.00. The summed E-state index contributed by atoms with van der Waals surface area (Å²) in [5.74, 6) is 0.616. The van der Waals surface area contributed by atoms with Crippen LogP contribution in [0.5, 0.6) is 0 Å². The van der Waals surface area contributed by atoms with Crippen molar-refractivity contribution in [2.75, 3.05) is 26.2 Å². The molecule has 1 saturated heterocycles. The van der Waals surface area contributed by atoms with E-state index in [-0.39, 0.29) is 5.54 Å². The number of nitrogens with one attached hydrogen (secondary N) is 2. The molecule has 0 radical (unpaired) electrons. The van der Waals surface area contributed by atoms with E-state index in [4.69, 9.17) is 0 Å². The molecule has 0 aromatic carbocycles. The quantitative estimate of drug-likeness (QED) is 0.749. The summed E-state index contributed by atoms with van der Waals surface area (Å²) in [6, 6.07) is 0. The van der Waals surface area contributed by atoms with E-state index in [0.717, 1.165) is 51.6 Å². The van der Waals surface area contributed by atoms with Gasteiger partial charge < -0.3 is 5.32 Å². The summed E-state index contributed by atoms with van der Waals surface area (Å²) in [6.45, 7) is 7.49. The Kier molecular flexibility index (Phi) is 5.45. The topological polar surface area (TPSA) is 61.4 Å². The zero-order valence-corrected chi connectivity index (χ0v) is 13.6. The van der Waals surface area contributed by atoms with E-state index in [2.05, 4.69) is 23.9 Å². The lowest BCUT2D eigenvalue weighted by atomic mass is 9.76. The molecule has 0 aromatic heterocycles. The van der Waals surface area contributed by atoms with Gasteiger partial charge in [0.05, 0.1) is 0 Å². The Morgan fingerprint density at radius 3 is 2.30 bits per heavy atom. The number of piperidine rings is 1. The largest absolute Gasteiger partial charge is 0.317 e. The van der Waals surface area contributed by atoms with Gasteiger partial charge in [-0.25, -0.2) is 0 Å². The van der Waals surface area contributed by atoms with E-state index in [9.17, 15) is 8.42 Å². The van der Waals surface area contributed by atoms with Crippen LogP contribution in [-0.2, 0) is 10.2 Å². The van der Waals surface area contributed by atoms with Crippen LogP contribution >= 0.6 is 0 Å². The molecule has 5 nitrogen and oxygen atoms in total.